The van der Waals surface area contributed by atoms with E-state index < -0.39 is 49.4 Å². The smallest absolute Gasteiger partial charge is 0.484 e. The molecule has 3 atom stereocenters. The predicted molar refractivity (Wildman–Crippen MR) is 103 cm³/mol. The molecule has 1 unspecified atom stereocenters. The number of alkyl halides is 6. The van der Waals surface area contributed by atoms with E-state index in [-0.39, 0.29) is 30.4 Å². The third kappa shape index (κ3) is 8.58. The Morgan fingerprint density at radius 2 is 1.83 bits per heavy atom. The summed E-state index contributed by atoms with van der Waals surface area (Å²) in [6, 6.07) is 3.60. The summed E-state index contributed by atoms with van der Waals surface area (Å²) >= 11 is 0. The standard InChI is InChI=1S/C20H21F6N3O6/c1-11(35-20(24,25)26)8-33-18-29-28-17(34-18)15-7-4-13(9-32-15)27-16(30)10-31-14-5-2-12(3-6-14)19(21,22)23/h2-3,5-6,11,13,15H,4,7-10H2,1H3,(H,27,30)/t11?,13-,15+/m0/s1. The van der Waals surface area contributed by atoms with Gasteiger partial charge in [-0.1, -0.05) is 5.10 Å². The van der Waals surface area contributed by atoms with Crippen LogP contribution in [0.4, 0.5) is 26.3 Å². The van der Waals surface area contributed by atoms with E-state index in [1.165, 1.54) is 0 Å². The molecule has 194 valence electrons. The Morgan fingerprint density at radius 1 is 1.11 bits per heavy atom. The molecule has 1 fully saturated rings. The van der Waals surface area contributed by atoms with Crippen molar-refractivity contribution in [3.8, 4) is 11.8 Å². The number of hydrogen-bond donors (Lipinski definition) is 1. The zero-order valence-electron chi connectivity index (χ0n) is 18.2. The lowest BCUT2D eigenvalue weighted by Gasteiger charge is -2.27. The third-order valence-corrected chi connectivity index (χ3v) is 4.67. The zero-order valence-corrected chi connectivity index (χ0v) is 18.2. The number of benzene rings is 1. The molecule has 35 heavy (non-hydrogen) atoms. The average Bonchev–Trinajstić information content (AvgIpc) is 3.24. The number of carbonyl (C=O) groups is 1. The maximum atomic E-state index is 12.6. The average molecular weight is 513 g/mol. The predicted octanol–water partition coefficient (Wildman–Crippen LogP) is 3.81. The van der Waals surface area contributed by atoms with Crippen LogP contribution in [0, 0.1) is 0 Å². The number of nitrogens with one attached hydrogen (secondary N) is 1. The van der Waals surface area contributed by atoms with Crippen LogP contribution in [-0.2, 0) is 20.4 Å². The van der Waals surface area contributed by atoms with E-state index in [0.717, 1.165) is 31.2 Å². The number of amides is 1. The molecule has 1 amide bonds. The number of nitrogens with zero attached hydrogens (tertiary/aromatic N) is 2. The van der Waals surface area contributed by atoms with Crippen LogP contribution in [0.2, 0.25) is 0 Å². The van der Waals surface area contributed by atoms with Gasteiger partial charge >= 0.3 is 18.6 Å². The van der Waals surface area contributed by atoms with Gasteiger partial charge in [0.2, 0.25) is 5.89 Å². The van der Waals surface area contributed by atoms with E-state index in [4.69, 9.17) is 18.6 Å². The van der Waals surface area contributed by atoms with Gasteiger partial charge in [0.25, 0.3) is 5.91 Å². The molecule has 15 heteroatoms. The SMILES string of the molecule is CC(COc1nnc([C@H]2CC[C@H](NC(=O)COc3ccc(C(F)(F)F)cc3)CO2)o1)OC(F)(F)F. The van der Waals surface area contributed by atoms with Crippen molar-refractivity contribution in [2.75, 3.05) is 19.8 Å². The molecule has 0 saturated carbocycles. The third-order valence-electron chi connectivity index (χ3n) is 4.67. The van der Waals surface area contributed by atoms with Crippen molar-refractivity contribution in [1.82, 2.24) is 15.5 Å². The second-order valence-electron chi connectivity index (χ2n) is 7.57. The number of rotatable bonds is 9. The van der Waals surface area contributed by atoms with Gasteiger partial charge in [-0.25, -0.2) is 0 Å². The molecule has 1 aromatic heterocycles. The van der Waals surface area contributed by atoms with Crippen molar-refractivity contribution < 1.29 is 54.5 Å². The van der Waals surface area contributed by atoms with Crippen LogP contribution >= 0.6 is 0 Å². The van der Waals surface area contributed by atoms with Crippen molar-refractivity contribution in [2.24, 2.45) is 0 Å². The molecule has 9 nitrogen and oxygen atoms in total. The van der Waals surface area contributed by atoms with Crippen molar-refractivity contribution in [1.29, 1.82) is 0 Å². The lowest BCUT2D eigenvalue weighted by atomic mass is 10.1. The molecule has 1 aliphatic heterocycles. The Labute approximate surface area is 194 Å². The monoisotopic (exact) mass is 513 g/mol. The number of hydrogen-bond acceptors (Lipinski definition) is 8. The molecule has 0 radical (unpaired) electrons. The summed E-state index contributed by atoms with van der Waals surface area (Å²) in [7, 11) is 0. The molecular formula is C20H21F6N3O6. The van der Waals surface area contributed by atoms with E-state index in [9.17, 15) is 31.1 Å². The Bertz CT molecular complexity index is 957. The molecule has 0 spiro atoms. The zero-order chi connectivity index (χ0) is 25.6. The summed E-state index contributed by atoms with van der Waals surface area (Å²) in [5.41, 5.74) is -0.826. The fraction of sp³-hybridized carbons (Fsp3) is 0.550. The first-order valence-corrected chi connectivity index (χ1v) is 10.3. The van der Waals surface area contributed by atoms with E-state index in [2.05, 4.69) is 20.3 Å². The van der Waals surface area contributed by atoms with Crippen molar-refractivity contribution in [3.05, 3.63) is 35.7 Å². The van der Waals surface area contributed by atoms with Gasteiger partial charge in [0, 0.05) is 0 Å². The molecular weight excluding hydrogens is 492 g/mol. The number of aromatic nitrogens is 2. The molecule has 0 bridgehead atoms. The van der Waals surface area contributed by atoms with Gasteiger partial charge in [0.1, 0.15) is 18.5 Å². The van der Waals surface area contributed by atoms with Gasteiger partial charge in [-0.15, -0.1) is 18.3 Å². The van der Waals surface area contributed by atoms with Crippen molar-refractivity contribution >= 4 is 5.91 Å². The first kappa shape index (κ1) is 26.5. The lowest BCUT2D eigenvalue weighted by molar-refractivity contribution is -0.342. The fourth-order valence-corrected chi connectivity index (χ4v) is 3.08. The highest BCUT2D eigenvalue weighted by atomic mass is 19.4. The molecule has 1 saturated heterocycles. The first-order valence-electron chi connectivity index (χ1n) is 10.3. The second kappa shape index (κ2) is 11.1. The number of carbonyl (C=O) groups excluding carboxylic acids is 1. The second-order valence-corrected chi connectivity index (χ2v) is 7.57. The number of ether oxygens (including phenoxy) is 4. The summed E-state index contributed by atoms with van der Waals surface area (Å²) in [5, 5.41) is 10.0. The van der Waals surface area contributed by atoms with Crippen LogP contribution < -0.4 is 14.8 Å². The topological polar surface area (TPSA) is 105 Å². The summed E-state index contributed by atoms with van der Waals surface area (Å²) in [6.45, 7) is 0.408. The van der Waals surface area contributed by atoms with E-state index in [1.807, 2.05) is 0 Å². The first-order chi connectivity index (χ1) is 16.4. The van der Waals surface area contributed by atoms with Crippen molar-refractivity contribution in [2.45, 2.75) is 50.6 Å². The maximum absolute atomic E-state index is 12.6. The highest BCUT2D eigenvalue weighted by Crippen LogP contribution is 2.31. The Kier molecular flexibility index (Phi) is 8.43. The van der Waals surface area contributed by atoms with Crippen LogP contribution in [0.3, 0.4) is 0 Å². The quantitative estimate of drug-likeness (QED) is 0.505. The summed E-state index contributed by atoms with van der Waals surface area (Å²) < 4.78 is 99.0. The van der Waals surface area contributed by atoms with Gasteiger partial charge in [0.15, 0.2) is 6.61 Å². The highest BCUT2D eigenvalue weighted by molar-refractivity contribution is 5.77. The van der Waals surface area contributed by atoms with E-state index in [0.29, 0.717) is 12.8 Å². The van der Waals surface area contributed by atoms with Crippen LogP contribution in [0.15, 0.2) is 28.7 Å². The largest absolute Gasteiger partial charge is 0.522 e. The molecule has 1 aliphatic rings. The van der Waals surface area contributed by atoms with Gasteiger partial charge in [-0.05, 0) is 44.0 Å². The van der Waals surface area contributed by atoms with Gasteiger partial charge in [-0.2, -0.15) is 13.2 Å². The molecule has 3 rings (SSSR count). The van der Waals surface area contributed by atoms with Crippen LogP contribution in [0.25, 0.3) is 0 Å². The molecule has 1 aromatic carbocycles. The minimum absolute atomic E-state index is 0.0693. The van der Waals surface area contributed by atoms with Crippen LogP contribution in [-0.4, -0.2) is 54.4 Å². The molecule has 2 aromatic rings. The van der Waals surface area contributed by atoms with Gasteiger partial charge in [0.05, 0.1) is 24.3 Å². The minimum atomic E-state index is -4.79. The normalized spacial score (nSPS) is 19.7. The maximum Gasteiger partial charge on any atom is 0.522 e. The lowest BCUT2D eigenvalue weighted by Crippen LogP contribution is -2.43. The molecule has 0 aliphatic carbocycles. The Morgan fingerprint density at radius 3 is 2.43 bits per heavy atom. The van der Waals surface area contributed by atoms with E-state index in [1.54, 1.807) is 0 Å². The molecule has 1 N–H and O–H groups in total. The summed E-state index contributed by atoms with van der Waals surface area (Å²) in [4.78, 5) is 12.1. The Hall–Kier alpha value is -3.07. The van der Waals surface area contributed by atoms with E-state index >= 15 is 0 Å². The molecule has 2 heterocycles. The minimum Gasteiger partial charge on any atom is -0.484 e. The Balaban J connectivity index is 1.37. The van der Waals surface area contributed by atoms with Crippen LogP contribution in [0.5, 0.6) is 11.8 Å². The van der Waals surface area contributed by atoms with Crippen LogP contribution in [0.1, 0.15) is 37.3 Å². The van der Waals surface area contributed by atoms with Crippen molar-refractivity contribution in [3.63, 3.8) is 0 Å². The highest BCUT2D eigenvalue weighted by Gasteiger charge is 2.33. The number of halogens is 6. The van der Waals surface area contributed by atoms with Gasteiger partial charge < -0.3 is 23.9 Å². The fourth-order valence-electron chi connectivity index (χ4n) is 3.08. The summed E-state index contributed by atoms with van der Waals surface area (Å²) in [5.74, 6) is -0.303. The summed E-state index contributed by atoms with van der Waals surface area (Å²) in [6.07, 6.45) is -10.6. The van der Waals surface area contributed by atoms with Gasteiger partial charge in [-0.3, -0.25) is 9.53 Å².